The monoisotopic (exact) mass is 747 g/mol. The van der Waals surface area contributed by atoms with Crippen molar-refractivity contribution in [1.29, 1.82) is 0 Å². The lowest BCUT2D eigenvalue weighted by molar-refractivity contribution is 0.659. The smallest absolute Gasteiger partial charge is 0.143 e. The third-order valence-electron chi connectivity index (χ3n) is 13.2. The molecule has 0 saturated carbocycles. The Kier molecular flexibility index (Phi) is 7.41. The molecular formula is C56H45NO. The highest BCUT2D eigenvalue weighted by atomic mass is 16.3. The Hall–Kier alpha value is -6.64. The Morgan fingerprint density at radius 1 is 0.397 bits per heavy atom. The van der Waals surface area contributed by atoms with Crippen LogP contribution in [0.3, 0.4) is 0 Å². The van der Waals surface area contributed by atoms with Crippen LogP contribution in [-0.2, 0) is 10.8 Å². The van der Waals surface area contributed by atoms with Crippen LogP contribution in [0.5, 0.6) is 0 Å². The van der Waals surface area contributed by atoms with Crippen molar-refractivity contribution in [1.82, 2.24) is 0 Å². The fraction of sp³-hybridized carbons (Fsp3) is 0.143. The Bertz CT molecular complexity index is 3140. The van der Waals surface area contributed by atoms with Crippen LogP contribution >= 0.6 is 0 Å². The Morgan fingerprint density at radius 3 is 1.90 bits per heavy atom. The van der Waals surface area contributed by atoms with Gasteiger partial charge in [-0.15, -0.1) is 0 Å². The minimum absolute atomic E-state index is 0.0626. The molecule has 0 fully saturated rings. The molecule has 0 amide bonds. The van der Waals surface area contributed by atoms with E-state index in [1.165, 1.54) is 66.8 Å². The Balaban J connectivity index is 1.07. The van der Waals surface area contributed by atoms with E-state index in [0.29, 0.717) is 0 Å². The van der Waals surface area contributed by atoms with E-state index >= 15 is 0 Å². The zero-order chi connectivity index (χ0) is 39.5. The minimum atomic E-state index is -0.121. The summed E-state index contributed by atoms with van der Waals surface area (Å²) in [5.74, 6) is 0. The molecule has 1 aromatic heterocycles. The molecule has 0 radical (unpaired) electrons. The lowest BCUT2D eigenvalue weighted by Crippen LogP contribution is -2.16. The molecule has 280 valence electrons. The van der Waals surface area contributed by atoms with Crippen molar-refractivity contribution in [2.45, 2.75) is 52.4 Å². The van der Waals surface area contributed by atoms with Gasteiger partial charge in [0.15, 0.2) is 0 Å². The summed E-state index contributed by atoms with van der Waals surface area (Å²) in [5, 5.41) is 2.27. The molecule has 58 heavy (non-hydrogen) atoms. The predicted molar refractivity (Wildman–Crippen MR) is 244 cm³/mol. The summed E-state index contributed by atoms with van der Waals surface area (Å²) in [4.78, 5) is 2.42. The van der Waals surface area contributed by atoms with Gasteiger partial charge in [-0.25, -0.2) is 0 Å². The predicted octanol–water partition coefficient (Wildman–Crippen LogP) is 15.6. The largest absolute Gasteiger partial charge is 0.455 e. The Labute approximate surface area is 341 Å². The maximum atomic E-state index is 6.53. The van der Waals surface area contributed by atoms with Crippen molar-refractivity contribution in [3.63, 3.8) is 0 Å². The molecule has 2 aliphatic carbocycles. The van der Waals surface area contributed by atoms with Gasteiger partial charge in [0.1, 0.15) is 11.2 Å². The zero-order valence-electron chi connectivity index (χ0n) is 33.9. The second-order valence-electron chi connectivity index (χ2n) is 17.5. The van der Waals surface area contributed by atoms with E-state index in [1.807, 2.05) is 6.07 Å². The van der Waals surface area contributed by atoms with E-state index in [4.69, 9.17) is 4.42 Å². The summed E-state index contributed by atoms with van der Waals surface area (Å²) >= 11 is 0. The third-order valence-corrected chi connectivity index (χ3v) is 13.2. The molecule has 2 nitrogen and oxygen atoms in total. The molecule has 0 spiro atoms. The van der Waals surface area contributed by atoms with Crippen LogP contribution in [0.15, 0.2) is 168 Å². The van der Waals surface area contributed by atoms with Gasteiger partial charge in [0.2, 0.25) is 0 Å². The lowest BCUT2D eigenvalue weighted by Gasteiger charge is -2.28. The number of para-hydroxylation sites is 2. The highest BCUT2D eigenvalue weighted by molar-refractivity contribution is 6.09. The summed E-state index contributed by atoms with van der Waals surface area (Å²) in [6.07, 6.45) is 0. The number of furan rings is 1. The van der Waals surface area contributed by atoms with Crippen LogP contribution in [0.4, 0.5) is 17.1 Å². The van der Waals surface area contributed by atoms with E-state index < -0.39 is 0 Å². The molecule has 9 aromatic rings. The molecule has 0 aliphatic heterocycles. The van der Waals surface area contributed by atoms with Gasteiger partial charge < -0.3 is 9.32 Å². The number of hydrogen-bond donors (Lipinski definition) is 0. The van der Waals surface area contributed by atoms with Crippen molar-refractivity contribution in [3.8, 4) is 44.5 Å². The van der Waals surface area contributed by atoms with Gasteiger partial charge >= 0.3 is 0 Å². The van der Waals surface area contributed by atoms with Gasteiger partial charge in [-0.3, -0.25) is 0 Å². The molecule has 2 aliphatic rings. The van der Waals surface area contributed by atoms with E-state index in [1.54, 1.807) is 0 Å². The van der Waals surface area contributed by atoms with Gasteiger partial charge in [-0.2, -0.15) is 0 Å². The maximum absolute atomic E-state index is 6.53. The third kappa shape index (κ3) is 5.04. The fourth-order valence-electron chi connectivity index (χ4n) is 10.2. The average Bonchev–Trinajstić information content (AvgIpc) is 3.81. The first-order valence-electron chi connectivity index (χ1n) is 20.5. The highest BCUT2D eigenvalue weighted by Crippen LogP contribution is 2.54. The second kappa shape index (κ2) is 12.4. The van der Waals surface area contributed by atoms with E-state index in [0.717, 1.165) is 50.1 Å². The first-order chi connectivity index (χ1) is 28.1. The van der Waals surface area contributed by atoms with E-state index in [9.17, 15) is 0 Å². The molecule has 8 aromatic carbocycles. The summed E-state index contributed by atoms with van der Waals surface area (Å²) in [7, 11) is 0. The van der Waals surface area contributed by atoms with Crippen molar-refractivity contribution < 1.29 is 4.42 Å². The van der Waals surface area contributed by atoms with Gasteiger partial charge in [-0.1, -0.05) is 160 Å². The average molecular weight is 748 g/mol. The highest BCUT2D eigenvalue weighted by Gasteiger charge is 2.38. The first kappa shape index (κ1) is 34.6. The number of fused-ring (bicyclic) bond motifs is 9. The number of rotatable bonds is 5. The van der Waals surface area contributed by atoms with E-state index in [2.05, 4.69) is 204 Å². The van der Waals surface area contributed by atoms with Gasteiger partial charge in [0.25, 0.3) is 0 Å². The number of nitrogens with zero attached hydrogens (tertiary/aromatic N) is 1. The molecule has 2 heteroatoms. The zero-order valence-corrected chi connectivity index (χ0v) is 33.9. The number of anilines is 3. The summed E-state index contributed by atoms with van der Waals surface area (Å²) in [6, 6.07) is 60.7. The molecule has 0 N–H and O–H groups in total. The van der Waals surface area contributed by atoms with Gasteiger partial charge in [0.05, 0.1) is 0 Å². The quantitative estimate of drug-likeness (QED) is 0.174. The summed E-state index contributed by atoms with van der Waals surface area (Å²) in [6.45, 7) is 13.9. The van der Waals surface area contributed by atoms with Gasteiger partial charge in [-0.05, 0) is 118 Å². The van der Waals surface area contributed by atoms with E-state index in [-0.39, 0.29) is 10.8 Å². The van der Waals surface area contributed by atoms with Crippen molar-refractivity contribution in [3.05, 3.63) is 197 Å². The standard InChI is InChI=1S/C56H45NO/c1-34-21-27-46-49(30-34)56(5,6)51-31-35(2)29-47(53(46)51)36-22-24-38(25-23-36)57(40-26-28-43-42-15-7-9-19-48(42)55(3,4)50(43)33-40)39-14-11-13-37(32-39)41-17-12-18-45-44-16-8-10-20-52(44)58-54(41)45/h7-33H,1-6H3. The maximum Gasteiger partial charge on any atom is 0.143 e. The van der Waals surface area contributed by atoms with Crippen LogP contribution in [0.2, 0.25) is 0 Å². The molecule has 0 bridgehead atoms. The van der Waals surface area contributed by atoms with Crippen molar-refractivity contribution in [2.75, 3.05) is 4.90 Å². The Morgan fingerprint density at radius 2 is 1.03 bits per heavy atom. The lowest BCUT2D eigenvalue weighted by atomic mass is 9.81. The second-order valence-corrected chi connectivity index (χ2v) is 17.5. The SMILES string of the molecule is Cc1ccc2c(c1)C(C)(C)c1cc(C)cc(-c3ccc(N(c4cccc(-c5cccc6c5oc5ccccc56)c4)c4ccc5c(c4)C(C)(C)c4ccccc4-5)cc3)c1-2. The van der Waals surface area contributed by atoms with Crippen LogP contribution in [-0.4, -0.2) is 0 Å². The topological polar surface area (TPSA) is 16.4 Å². The molecular weight excluding hydrogens is 703 g/mol. The molecule has 0 unspecified atom stereocenters. The summed E-state index contributed by atoms with van der Waals surface area (Å²) in [5.41, 5.74) is 23.2. The number of hydrogen-bond acceptors (Lipinski definition) is 2. The van der Waals surface area contributed by atoms with Crippen molar-refractivity contribution >= 4 is 39.0 Å². The molecule has 11 rings (SSSR count). The summed E-state index contributed by atoms with van der Waals surface area (Å²) < 4.78 is 6.53. The first-order valence-corrected chi connectivity index (χ1v) is 20.5. The van der Waals surface area contributed by atoms with Crippen LogP contribution in [0, 0.1) is 13.8 Å². The minimum Gasteiger partial charge on any atom is -0.455 e. The molecule has 1 heterocycles. The van der Waals surface area contributed by atoms with Crippen LogP contribution in [0.1, 0.15) is 61.1 Å². The van der Waals surface area contributed by atoms with Crippen LogP contribution in [0.25, 0.3) is 66.4 Å². The van der Waals surface area contributed by atoms with Crippen molar-refractivity contribution in [2.24, 2.45) is 0 Å². The number of benzene rings is 8. The fourth-order valence-corrected chi connectivity index (χ4v) is 10.2. The van der Waals surface area contributed by atoms with Gasteiger partial charge in [0, 0.05) is 44.2 Å². The molecule has 0 saturated heterocycles. The van der Waals surface area contributed by atoms with Crippen LogP contribution < -0.4 is 4.90 Å². The molecule has 0 atom stereocenters. The normalized spacial score (nSPS) is 14.3. The number of aryl methyl sites for hydroxylation is 2.